The number of methoxy groups -OCH3 is 1. The molecule has 1 atom stereocenters. The molecule has 0 aliphatic heterocycles. The second kappa shape index (κ2) is 8.57. The lowest BCUT2D eigenvalue weighted by molar-refractivity contribution is 0.200. The fraction of sp³-hybridized carbons (Fsp3) is 0.600. The first kappa shape index (κ1) is 15.5. The zero-order chi connectivity index (χ0) is 13.4. The topological polar surface area (TPSA) is 35.2 Å². The van der Waals surface area contributed by atoms with Gasteiger partial charge in [-0.1, -0.05) is 19.1 Å². The molecule has 0 fully saturated rings. The minimum atomic E-state index is 0.282. The van der Waals surface area contributed by atoms with Crippen molar-refractivity contribution in [2.75, 3.05) is 19.5 Å². The smallest absolute Gasteiger partial charge is 0.0470 e. The average molecular weight is 267 g/mol. The zero-order valence-corrected chi connectivity index (χ0v) is 12.6. The van der Waals surface area contributed by atoms with E-state index in [1.165, 1.54) is 16.0 Å². The van der Waals surface area contributed by atoms with Gasteiger partial charge in [0.05, 0.1) is 0 Å². The first-order chi connectivity index (χ1) is 8.67. The molecule has 0 saturated heterocycles. The molecular weight excluding hydrogens is 242 g/mol. The first-order valence-corrected chi connectivity index (χ1v) is 7.62. The van der Waals surface area contributed by atoms with Crippen molar-refractivity contribution in [2.45, 2.75) is 44.0 Å². The van der Waals surface area contributed by atoms with Crippen molar-refractivity contribution in [3.8, 4) is 0 Å². The van der Waals surface area contributed by atoms with E-state index in [2.05, 4.69) is 32.0 Å². The molecule has 0 amide bonds. The van der Waals surface area contributed by atoms with Gasteiger partial charge in [-0.3, -0.25) is 0 Å². The third-order valence-corrected chi connectivity index (χ3v) is 4.27. The molecule has 0 radical (unpaired) electrons. The van der Waals surface area contributed by atoms with Crippen LogP contribution in [0.25, 0.3) is 0 Å². The average Bonchev–Trinajstić information content (AvgIpc) is 2.36. The largest absolute Gasteiger partial charge is 0.385 e. The number of ether oxygens (including phenoxy) is 1. The van der Waals surface area contributed by atoms with Crippen molar-refractivity contribution < 1.29 is 4.74 Å². The van der Waals surface area contributed by atoms with E-state index >= 15 is 0 Å². The van der Waals surface area contributed by atoms with Gasteiger partial charge in [0.15, 0.2) is 0 Å². The predicted molar refractivity (Wildman–Crippen MR) is 80.4 cm³/mol. The Hall–Kier alpha value is -0.510. The Balaban J connectivity index is 2.51. The quantitative estimate of drug-likeness (QED) is 0.579. The molecule has 18 heavy (non-hydrogen) atoms. The molecule has 0 bridgehead atoms. The fourth-order valence-corrected chi connectivity index (χ4v) is 2.77. The molecular formula is C15H25NOS. The Kier molecular flexibility index (Phi) is 7.40. The molecule has 0 saturated carbocycles. The highest BCUT2D eigenvalue weighted by Crippen LogP contribution is 2.24. The zero-order valence-electron chi connectivity index (χ0n) is 11.7. The lowest BCUT2D eigenvalue weighted by Gasteiger charge is -2.11. The minimum Gasteiger partial charge on any atom is -0.385 e. The molecule has 1 unspecified atom stereocenters. The van der Waals surface area contributed by atoms with Gasteiger partial charge in [-0.15, -0.1) is 11.8 Å². The summed E-state index contributed by atoms with van der Waals surface area (Å²) < 4.78 is 5.06. The number of rotatable bonds is 8. The monoisotopic (exact) mass is 267 g/mol. The van der Waals surface area contributed by atoms with Gasteiger partial charge < -0.3 is 10.5 Å². The summed E-state index contributed by atoms with van der Waals surface area (Å²) in [6.07, 6.45) is 3.11. The number of benzene rings is 1. The second-order valence-corrected chi connectivity index (χ2v) is 5.80. The van der Waals surface area contributed by atoms with Gasteiger partial charge in [-0.2, -0.15) is 0 Å². The molecule has 2 nitrogen and oxygen atoms in total. The maximum absolute atomic E-state index is 5.99. The molecule has 3 heteroatoms. The number of aryl methyl sites for hydroxylation is 1. The number of nitrogens with two attached hydrogens (primary N) is 1. The first-order valence-electron chi connectivity index (χ1n) is 6.64. The van der Waals surface area contributed by atoms with Gasteiger partial charge in [0, 0.05) is 30.4 Å². The predicted octanol–water partition coefficient (Wildman–Crippen LogP) is 3.40. The maximum atomic E-state index is 5.99. The summed E-state index contributed by atoms with van der Waals surface area (Å²) in [6.45, 7) is 5.16. The van der Waals surface area contributed by atoms with Crippen LogP contribution in [-0.2, 0) is 11.2 Å². The summed E-state index contributed by atoms with van der Waals surface area (Å²) in [4.78, 5) is 1.37. The lowest BCUT2D eigenvalue weighted by Crippen LogP contribution is -2.21. The van der Waals surface area contributed by atoms with Crippen molar-refractivity contribution in [3.05, 3.63) is 29.3 Å². The third-order valence-electron chi connectivity index (χ3n) is 3.01. The Morgan fingerprint density at radius 1 is 1.39 bits per heavy atom. The highest BCUT2D eigenvalue weighted by molar-refractivity contribution is 7.99. The summed E-state index contributed by atoms with van der Waals surface area (Å²) in [5.74, 6) is 1.11. The minimum absolute atomic E-state index is 0.282. The number of hydrogen-bond acceptors (Lipinski definition) is 3. The summed E-state index contributed by atoms with van der Waals surface area (Å²) in [5.41, 5.74) is 8.70. The van der Waals surface area contributed by atoms with E-state index in [0.717, 1.165) is 31.6 Å². The molecule has 1 aromatic rings. The summed E-state index contributed by atoms with van der Waals surface area (Å²) in [6, 6.07) is 6.99. The van der Waals surface area contributed by atoms with Gasteiger partial charge in [-0.25, -0.2) is 0 Å². The Morgan fingerprint density at radius 2 is 2.17 bits per heavy atom. The molecule has 0 aliphatic carbocycles. The number of thioether (sulfide) groups is 1. The molecule has 0 heterocycles. The summed E-state index contributed by atoms with van der Waals surface area (Å²) >= 11 is 1.91. The molecule has 1 aromatic carbocycles. The van der Waals surface area contributed by atoms with Crippen LogP contribution in [0.3, 0.4) is 0 Å². The van der Waals surface area contributed by atoms with Crippen LogP contribution in [0.15, 0.2) is 23.1 Å². The fourth-order valence-electron chi connectivity index (χ4n) is 1.83. The summed E-state index contributed by atoms with van der Waals surface area (Å²) in [7, 11) is 1.75. The van der Waals surface area contributed by atoms with E-state index in [9.17, 15) is 0 Å². The van der Waals surface area contributed by atoms with E-state index in [-0.39, 0.29) is 6.04 Å². The van der Waals surface area contributed by atoms with Crippen molar-refractivity contribution >= 4 is 11.8 Å². The van der Waals surface area contributed by atoms with Crippen LogP contribution in [0.5, 0.6) is 0 Å². The van der Waals surface area contributed by atoms with Crippen LogP contribution in [0.4, 0.5) is 0 Å². The SMILES string of the molecule is CCC(N)Cc1ccc(SCCCOC)c(C)c1. The standard InChI is InChI=1S/C15H25NOS/c1-4-14(16)11-13-6-7-15(12(2)10-13)18-9-5-8-17-3/h6-7,10,14H,4-5,8-9,11,16H2,1-3H3. The molecule has 1 rings (SSSR count). The van der Waals surface area contributed by atoms with E-state index in [1.807, 2.05) is 11.8 Å². The second-order valence-electron chi connectivity index (χ2n) is 4.67. The molecule has 102 valence electrons. The van der Waals surface area contributed by atoms with Crippen LogP contribution in [0.1, 0.15) is 30.9 Å². The van der Waals surface area contributed by atoms with Crippen LogP contribution in [0.2, 0.25) is 0 Å². The number of hydrogen-bond donors (Lipinski definition) is 1. The van der Waals surface area contributed by atoms with Crippen molar-refractivity contribution in [2.24, 2.45) is 5.73 Å². The maximum Gasteiger partial charge on any atom is 0.0470 e. The Morgan fingerprint density at radius 3 is 2.78 bits per heavy atom. The normalized spacial score (nSPS) is 12.7. The highest BCUT2D eigenvalue weighted by Gasteiger charge is 2.04. The molecule has 0 aromatic heterocycles. The van der Waals surface area contributed by atoms with Gasteiger partial charge >= 0.3 is 0 Å². The van der Waals surface area contributed by atoms with Gasteiger partial charge in [0.1, 0.15) is 0 Å². The van der Waals surface area contributed by atoms with E-state index in [0.29, 0.717) is 0 Å². The van der Waals surface area contributed by atoms with Crippen LogP contribution >= 0.6 is 11.8 Å². The van der Waals surface area contributed by atoms with Gasteiger partial charge in [-0.05, 0) is 43.4 Å². The van der Waals surface area contributed by atoms with Crippen LogP contribution in [-0.4, -0.2) is 25.5 Å². The summed E-state index contributed by atoms with van der Waals surface area (Å²) in [5, 5.41) is 0. The molecule has 0 spiro atoms. The molecule has 2 N–H and O–H groups in total. The van der Waals surface area contributed by atoms with Crippen molar-refractivity contribution in [3.63, 3.8) is 0 Å². The van der Waals surface area contributed by atoms with Crippen molar-refractivity contribution in [1.82, 2.24) is 0 Å². The lowest BCUT2D eigenvalue weighted by atomic mass is 10.0. The molecule has 0 aliphatic rings. The Labute approximate surface area is 115 Å². The highest BCUT2D eigenvalue weighted by atomic mass is 32.2. The van der Waals surface area contributed by atoms with Gasteiger partial charge in [0.25, 0.3) is 0 Å². The van der Waals surface area contributed by atoms with Crippen molar-refractivity contribution in [1.29, 1.82) is 0 Å². The van der Waals surface area contributed by atoms with E-state index in [1.54, 1.807) is 7.11 Å². The Bertz CT molecular complexity index is 354. The third kappa shape index (κ3) is 5.42. The van der Waals surface area contributed by atoms with E-state index in [4.69, 9.17) is 10.5 Å². The van der Waals surface area contributed by atoms with E-state index < -0.39 is 0 Å². The van der Waals surface area contributed by atoms with Gasteiger partial charge in [0.2, 0.25) is 0 Å². The van der Waals surface area contributed by atoms with Crippen LogP contribution < -0.4 is 5.73 Å². The van der Waals surface area contributed by atoms with Crippen LogP contribution in [0, 0.1) is 6.92 Å².